The maximum absolute atomic E-state index is 12.0. The lowest BCUT2D eigenvalue weighted by Gasteiger charge is -2.23. The number of amides is 1. The lowest BCUT2D eigenvalue weighted by atomic mass is 9.90. The van der Waals surface area contributed by atoms with Crippen molar-refractivity contribution in [2.24, 2.45) is 5.41 Å². The molecule has 0 spiro atoms. The molecular weight excluding hydrogens is 274 g/mol. The Bertz CT molecular complexity index is 561. The van der Waals surface area contributed by atoms with Crippen molar-refractivity contribution in [1.29, 1.82) is 0 Å². The minimum absolute atomic E-state index is 0.119. The zero-order valence-electron chi connectivity index (χ0n) is 11.6. The molecule has 0 saturated heterocycles. The van der Waals surface area contributed by atoms with Crippen molar-refractivity contribution in [2.75, 3.05) is 13.2 Å². The number of nitrogens with zero attached hydrogens (tertiary/aromatic N) is 1. The first-order chi connectivity index (χ1) is 9.52. The van der Waals surface area contributed by atoms with Gasteiger partial charge in [0.2, 0.25) is 0 Å². The number of thiophene rings is 1. The van der Waals surface area contributed by atoms with Crippen molar-refractivity contribution in [3.63, 3.8) is 0 Å². The Labute approximate surface area is 122 Å². The van der Waals surface area contributed by atoms with Crippen molar-refractivity contribution >= 4 is 17.2 Å². The third-order valence-corrected chi connectivity index (χ3v) is 4.02. The fourth-order valence-corrected chi connectivity index (χ4v) is 2.49. The highest BCUT2D eigenvalue weighted by Gasteiger charge is 2.19. The van der Waals surface area contributed by atoms with Crippen LogP contribution in [0.5, 0.6) is 0 Å². The summed E-state index contributed by atoms with van der Waals surface area (Å²) in [5, 5.41) is 20.7. The van der Waals surface area contributed by atoms with E-state index in [0.29, 0.717) is 18.7 Å². The molecule has 0 radical (unpaired) electrons. The molecule has 5 nitrogen and oxygen atoms in total. The molecule has 0 saturated carbocycles. The SMILES string of the molecule is CC(C)(CCO)CNC(=O)c1cc(-c2cccs2)[nH]n1. The quantitative estimate of drug-likeness (QED) is 0.764. The summed E-state index contributed by atoms with van der Waals surface area (Å²) >= 11 is 1.59. The fourth-order valence-electron chi connectivity index (χ4n) is 1.80. The van der Waals surface area contributed by atoms with Gasteiger partial charge in [-0.05, 0) is 29.3 Å². The molecule has 0 fully saturated rings. The third-order valence-electron chi connectivity index (χ3n) is 3.11. The van der Waals surface area contributed by atoms with Crippen molar-refractivity contribution < 1.29 is 9.90 Å². The average Bonchev–Trinajstić information content (AvgIpc) is 3.06. The first-order valence-electron chi connectivity index (χ1n) is 6.50. The highest BCUT2D eigenvalue weighted by atomic mass is 32.1. The van der Waals surface area contributed by atoms with Crippen LogP contribution in [-0.4, -0.2) is 34.4 Å². The molecule has 0 unspecified atom stereocenters. The van der Waals surface area contributed by atoms with Crippen LogP contribution in [0.1, 0.15) is 30.8 Å². The predicted octanol–water partition coefficient (Wildman–Crippen LogP) is 2.28. The molecule has 0 atom stereocenters. The molecule has 108 valence electrons. The molecule has 0 aliphatic heterocycles. The van der Waals surface area contributed by atoms with Crippen LogP contribution in [-0.2, 0) is 0 Å². The molecule has 3 N–H and O–H groups in total. The van der Waals surface area contributed by atoms with Gasteiger partial charge in [-0.3, -0.25) is 9.89 Å². The average molecular weight is 293 g/mol. The van der Waals surface area contributed by atoms with Gasteiger partial charge in [0.1, 0.15) is 0 Å². The number of aliphatic hydroxyl groups excluding tert-OH is 1. The van der Waals surface area contributed by atoms with E-state index >= 15 is 0 Å². The van der Waals surface area contributed by atoms with E-state index in [1.165, 1.54) is 0 Å². The van der Waals surface area contributed by atoms with E-state index in [1.807, 2.05) is 31.4 Å². The van der Waals surface area contributed by atoms with Crippen molar-refractivity contribution in [1.82, 2.24) is 15.5 Å². The number of H-pyrrole nitrogens is 1. The van der Waals surface area contributed by atoms with Gasteiger partial charge in [0.25, 0.3) is 5.91 Å². The molecule has 2 aromatic rings. The first kappa shape index (κ1) is 14.7. The lowest BCUT2D eigenvalue weighted by molar-refractivity contribution is 0.0923. The molecule has 6 heteroatoms. The Hall–Kier alpha value is -1.66. The van der Waals surface area contributed by atoms with Gasteiger partial charge in [-0.1, -0.05) is 19.9 Å². The number of rotatable bonds is 6. The van der Waals surface area contributed by atoms with Gasteiger partial charge < -0.3 is 10.4 Å². The summed E-state index contributed by atoms with van der Waals surface area (Å²) in [5.74, 6) is -0.199. The van der Waals surface area contributed by atoms with E-state index in [2.05, 4.69) is 15.5 Å². The Morgan fingerprint density at radius 2 is 2.35 bits per heavy atom. The van der Waals surface area contributed by atoms with E-state index in [9.17, 15) is 4.79 Å². The molecule has 20 heavy (non-hydrogen) atoms. The highest BCUT2D eigenvalue weighted by molar-refractivity contribution is 7.13. The minimum Gasteiger partial charge on any atom is -0.396 e. The standard InChI is InChI=1S/C14H19N3O2S/c1-14(2,5-6-18)9-15-13(19)11-8-10(16-17-11)12-4-3-7-20-12/h3-4,7-8,18H,5-6,9H2,1-2H3,(H,15,19)(H,16,17). The monoisotopic (exact) mass is 293 g/mol. The van der Waals surface area contributed by atoms with Gasteiger partial charge in [-0.15, -0.1) is 11.3 Å². The Balaban J connectivity index is 1.97. The van der Waals surface area contributed by atoms with E-state index < -0.39 is 0 Å². The summed E-state index contributed by atoms with van der Waals surface area (Å²) < 4.78 is 0. The zero-order chi connectivity index (χ0) is 14.6. The number of nitrogens with one attached hydrogen (secondary N) is 2. The molecule has 2 heterocycles. The second kappa shape index (κ2) is 6.19. The van der Waals surface area contributed by atoms with Crippen LogP contribution in [0.2, 0.25) is 0 Å². The Kier molecular flexibility index (Phi) is 4.57. The molecular formula is C14H19N3O2S. The topological polar surface area (TPSA) is 78.0 Å². The summed E-state index contributed by atoms with van der Waals surface area (Å²) in [6.07, 6.45) is 0.647. The summed E-state index contributed by atoms with van der Waals surface area (Å²) in [4.78, 5) is 13.1. The van der Waals surface area contributed by atoms with Crippen LogP contribution in [0.4, 0.5) is 0 Å². The molecule has 0 aromatic carbocycles. The highest BCUT2D eigenvalue weighted by Crippen LogP contribution is 2.23. The molecule has 2 rings (SSSR count). The second-order valence-electron chi connectivity index (χ2n) is 5.46. The number of carbonyl (C=O) groups is 1. The summed E-state index contributed by atoms with van der Waals surface area (Å²) in [5.41, 5.74) is 1.10. The molecule has 0 aliphatic carbocycles. The van der Waals surface area contributed by atoms with Gasteiger partial charge in [0.15, 0.2) is 5.69 Å². The Morgan fingerprint density at radius 1 is 1.55 bits per heavy atom. The fraction of sp³-hybridized carbons (Fsp3) is 0.429. The van der Waals surface area contributed by atoms with Crippen LogP contribution >= 0.6 is 11.3 Å². The zero-order valence-corrected chi connectivity index (χ0v) is 12.5. The van der Waals surface area contributed by atoms with E-state index in [4.69, 9.17) is 5.11 Å². The summed E-state index contributed by atoms with van der Waals surface area (Å²) in [6.45, 7) is 4.64. The number of carbonyl (C=O) groups excluding carboxylic acids is 1. The maximum Gasteiger partial charge on any atom is 0.271 e. The van der Waals surface area contributed by atoms with Crippen LogP contribution in [0.15, 0.2) is 23.6 Å². The first-order valence-corrected chi connectivity index (χ1v) is 7.38. The van der Waals surface area contributed by atoms with E-state index in [0.717, 1.165) is 10.6 Å². The van der Waals surface area contributed by atoms with Crippen molar-refractivity contribution in [2.45, 2.75) is 20.3 Å². The van der Waals surface area contributed by atoms with Gasteiger partial charge in [-0.2, -0.15) is 5.10 Å². The number of aromatic amines is 1. The van der Waals surface area contributed by atoms with Gasteiger partial charge in [0.05, 0.1) is 10.6 Å². The largest absolute Gasteiger partial charge is 0.396 e. The van der Waals surface area contributed by atoms with Gasteiger partial charge >= 0.3 is 0 Å². The minimum atomic E-state index is -0.199. The summed E-state index contributed by atoms with van der Waals surface area (Å²) in [6, 6.07) is 5.68. The van der Waals surface area contributed by atoms with Crippen LogP contribution in [0.3, 0.4) is 0 Å². The second-order valence-corrected chi connectivity index (χ2v) is 6.41. The number of aliphatic hydroxyl groups is 1. The van der Waals surface area contributed by atoms with Gasteiger partial charge in [-0.25, -0.2) is 0 Å². The number of hydrogen-bond donors (Lipinski definition) is 3. The predicted molar refractivity (Wildman–Crippen MR) is 79.7 cm³/mol. The van der Waals surface area contributed by atoms with Crippen molar-refractivity contribution in [3.8, 4) is 10.6 Å². The molecule has 2 aromatic heterocycles. The van der Waals surface area contributed by atoms with Crippen LogP contribution in [0.25, 0.3) is 10.6 Å². The number of aromatic nitrogens is 2. The summed E-state index contributed by atoms with van der Waals surface area (Å²) in [7, 11) is 0. The van der Waals surface area contributed by atoms with E-state index in [1.54, 1.807) is 17.4 Å². The molecule has 0 aliphatic rings. The number of hydrogen-bond acceptors (Lipinski definition) is 4. The molecule has 0 bridgehead atoms. The van der Waals surface area contributed by atoms with Crippen LogP contribution < -0.4 is 5.32 Å². The van der Waals surface area contributed by atoms with Crippen LogP contribution in [0, 0.1) is 5.41 Å². The van der Waals surface area contributed by atoms with E-state index in [-0.39, 0.29) is 17.9 Å². The normalized spacial score (nSPS) is 11.6. The smallest absolute Gasteiger partial charge is 0.271 e. The molecule has 1 amide bonds. The third kappa shape index (κ3) is 3.68. The lowest BCUT2D eigenvalue weighted by Crippen LogP contribution is -2.34. The van der Waals surface area contributed by atoms with Gasteiger partial charge in [0, 0.05) is 13.2 Å². The Morgan fingerprint density at radius 3 is 3.00 bits per heavy atom. The maximum atomic E-state index is 12.0. The van der Waals surface area contributed by atoms with Crippen molar-refractivity contribution in [3.05, 3.63) is 29.3 Å².